The van der Waals surface area contributed by atoms with Crippen molar-refractivity contribution in [2.45, 2.75) is 75.8 Å². The molecule has 0 radical (unpaired) electrons. The lowest BCUT2D eigenvalue weighted by atomic mass is 9.67. The maximum atomic E-state index is 5.51. The van der Waals surface area contributed by atoms with Crippen molar-refractivity contribution in [3.63, 3.8) is 0 Å². The second-order valence-electron chi connectivity index (χ2n) is 7.59. The molecule has 0 atom stereocenters. The van der Waals surface area contributed by atoms with Gasteiger partial charge in [0.1, 0.15) is 0 Å². The van der Waals surface area contributed by atoms with E-state index in [1.54, 1.807) is 0 Å². The number of methoxy groups -OCH3 is 1. The predicted octanol–water partition coefficient (Wildman–Crippen LogP) is 3.69. The zero-order chi connectivity index (χ0) is 13.9. The Bertz CT molecular complexity index is 306. The van der Waals surface area contributed by atoms with Crippen molar-refractivity contribution in [2.75, 3.05) is 26.8 Å². The predicted molar refractivity (Wildman–Crippen MR) is 97.5 cm³/mol. The molecule has 2 aliphatic carbocycles. The molecule has 0 bridgehead atoms. The van der Waals surface area contributed by atoms with E-state index in [0.717, 1.165) is 12.6 Å². The molecule has 3 rings (SSSR count). The van der Waals surface area contributed by atoms with Gasteiger partial charge in [-0.25, -0.2) is 0 Å². The van der Waals surface area contributed by atoms with Crippen molar-refractivity contribution in [1.82, 2.24) is 10.6 Å². The quantitative estimate of drug-likeness (QED) is 0.809. The van der Waals surface area contributed by atoms with Crippen LogP contribution in [0, 0.1) is 5.41 Å². The van der Waals surface area contributed by atoms with Gasteiger partial charge >= 0.3 is 0 Å². The number of piperidine rings is 1. The first-order valence-electron chi connectivity index (χ1n) is 8.73. The van der Waals surface area contributed by atoms with Crippen molar-refractivity contribution in [3.8, 4) is 0 Å². The van der Waals surface area contributed by atoms with Gasteiger partial charge in [0.05, 0.1) is 6.61 Å². The molecular weight excluding hydrogens is 319 g/mol. The van der Waals surface area contributed by atoms with E-state index in [4.69, 9.17) is 4.74 Å². The molecule has 0 aromatic heterocycles. The molecule has 1 saturated heterocycles. The van der Waals surface area contributed by atoms with Crippen molar-refractivity contribution in [1.29, 1.82) is 0 Å². The van der Waals surface area contributed by atoms with Crippen LogP contribution in [0.5, 0.6) is 0 Å². The number of hydrogen-bond donors (Lipinski definition) is 2. The van der Waals surface area contributed by atoms with Crippen molar-refractivity contribution in [2.24, 2.45) is 5.41 Å². The van der Waals surface area contributed by atoms with E-state index in [1.165, 1.54) is 77.3 Å². The molecule has 3 nitrogen and oxygen atoms in total. The second kappa shape index (κ2) is 9.08. The van der Waals surface area contributed by atoms with Gasteiger partial charge in [-0.3, -0.25) is 0 Å². The number of hydrogen-bond acceptors (Lipinski definition) is 3. The molecule has 5 heteroatoms. The lowest BCUT2D eigenvalue weighted by Gasteiger charge is -2.45. The van der Waals surface area contributed by atoms with Gasteiger partial charge < -0.3 is 15.4 Å². The van der Waals surface area contributed by atoms with E-state index in [-0.39, 0.29) is 24.8 Å². The summed E-state index contributed by atoms with van der Waals surface area (Å²) in [6.07, 6.45) is 13.8. The molecule has 3 aliphatic rings. The summed E-state index contributed by atoms with van der Waals surface area (Å²) >= 11 is 0. The molecule has 0 aromatic carbocycles. The topological polar surface area (TPSA) is 33.3 Å². The molecule has 1 aliphatic heterocycles. The molecule has 0 aromatic rings. The van der Waals surface area contributed by atoms with E-state index in [1.807, 2.05) is 7.11 Å². The SMILES string of the molecule is COCC1(NC2CCC3(CCNCC3)CC2)CCCC1.Cl.Cl. The van der Waals surface area contributed by atoms with Gasteiger partial charge in [0.25, 0.3) is 0 Å². The molecule has 3 fully saturated rings. The van der Waals surface area contributed by atoms with Crippen LogP contribution in [-0.4, -0.2) is 38.4 Å². The fraction of sp³-hybridized carbons (Fsp3) is 1.00. The molecule has 0 unspecified atom stereocenters. The first-order valence-corrected chi connectivity index (χ1v) is 8.73. The summed E-state index contributed by atoms with van der Waals surface area (Å²) in [4.78, 5) is 0. The van der Waals surface area contributed by atoms with Gasteiger partial charge in [-0.15, -0.1) is 24.8 Å². The van der Waals surface area contributed by atoms with Crippen LogP contribution >= 0.6 is 24.8 Å². The number of nitrogens with one attached hydrogen (secondary N) is 2. The highest BCUT2D eigenvalue weighted by atomic mass is 35.5. The average molecular weight is 353 g/mol. The van der Waals surface area contributed by atoms with Gasteiger partial charge in [0, 0.05) is 18.7 Å². The molecule has 2 saturated carbocycles. The number of halogens is 2. The molecular formula is C17H34Cl2N2O. The highest BCUT2D eigenvalue weighted by molar-refractivity contribution is 5.85. The Balaban J connectivity index is 0.00000121. The van der Waals surface area contributed by atoms with Gasteiger partial charge in [-0.1, -0.05) is 12.8 Å². The largest absolute Gasteiger partial charge is 0.383 e. The van der Waals surface area contributed by atoms with E-state index < -0.39 is 0 Å². The van der Waals surface area contributed by atoms with Crippen LogP contribution in [0.1, 0.15) is 64.2 Å². The number of rotatable bonds is 4. The summed E-state index contributed by atoms with van der Waals surface area (Å²) in [5.41, 5.74) is 0.992. The fourth-order valence-corrected chi connectivity index (χ4v) is 4.92. The molecule has 1 heterocycles. The summed E-state index contributed by atoms with van der Waals surface area (Å²) < 4.78 is 5.51. The zero-order valence-corrected chi connectivity index (χ0v) is 15.6. The van der Waals surface area contributed by atoms with Crippen molar-refractivity contribution in [3.05, 3.63) is 0 Å². The summed E-state index contributed by atoms with van der Waals surface area (Å²) in [5.74, 6) is 0. The van der Waals surface area contributed by atoms with E-state index in [0.29, 0.717) is 11.0 Å². The third-order valence-electron chi connectivity index (χ3n) is 6.20. The Labute approximate surface area is 148 Å². The van der Waals surface area contributed by atoms with Gasteiger partial charge in [-0.2, -0.15) is 0 Å². The van der Waals surface area contributed by atoms with Crippen LogP contribution in [0.15, 0.2) is 0 Å². The average Bonchev–Trinajstić information content (AvgIpc) is 2.92. The lowest BCUT2D eigenvalue weighted by molar-refractivity contribution is 0.0722. The van der Waals surface area contributed by atoms with E-state index >= 15 is 0 Å². The molecule has 22 heavy (non-hydrogen) atoms. The third-order valence-corrected chi connectivity index (χ3v) is 6.20. The van der Waals surface area contributed by atoms with Crippen LogP contribution < -0.4 is 10.6 Å². The molecule has 0 amide bonds. The van der Waals surface area contributed by atoms with Gasteiger partial charge in [-0.05, 0) is 69.9 Å². The van der Waals surface area contributed by atoms with Crippen LogP contribution in [0.25, 0.3) is 0 Å². The Morgan fingerprint density at radius 2 is 1.55 bits per heavy atom. The van der Waals surface area contributed by atoms with E-state index in [9.17, 15) is 0 Å². The normalized spacial score (nSPS) is 27.1. The van der Waals surface area contributed by atoms with Crippen molar-refractivity contribution < 1.29 is 4.74 Å². The zero-order valence-electron chi connectivity index (χ0n) is 14.0. The molecule has 1 spiro atoms. The summed E-state index contributed by atoms with van der Waals surface area (Å²) in [6.45, 7) is 3.38. The summed E-state index contributed by atoms with van der Waals surface area (Å²) in [6, 6.07) is 0.740. The van der Waals surface area contributed by atoms with Crippen LogP contribution in [-0.2, 0) is 4.74 Å². The van der Waals surface area contributed by atoms with Gasteiger partial charge in [0.15, 0.2) is 0 Å². The maximum Gasteiger partial charge on any atom is 0.0644 e. The molecule has 132 valence electrons. The minimum atomic E-state index is 0. The standard InChI is InChI=1S/C17H32N2O.2ClH/c1-20-14-17(6-2-3-7-17)19-15-4-8-16(9-5-15)10-12-18-13-11-16;;/h15,18-19H,2-14H2,1H3;2*1H. The first-order chi connectivity index (χ1) is 9.76. The smallest absolute Gasteiger partial charge is 0.0644 e. The van der Waals surface area contributed by atoms with Crippen LogP contribution in [0.2, 0.25) is 0 Å². The Morgan fingerprint density at radius 1 is 0.955 bits per heavy atom. The Hall–Kier alpha value is 0.460. The Kier molecular flexibility index (Phi) is 8.46. The Morgan fingerprint density at radius 3 is 2.09 bits per heavy atom. The third kappa shape index (κ3) is 4.73. The number of ether oxygens (including phenoxy) is 1. The minimum Gasteiger partial charge on any atom is -0.383 e. The van der Waals surface area contributed by atoms with Crippen LogP contribution in [0.3, 0.4) is 0 Å². The summed E-state index contributed by atoms with van der Waals surface area (Å²) in [5, 5.41) is 7.53. The lowest BCUT2D eigenvalue weighted by Crippen LogP contribution is -2.53. The molecule has 2 N–H and O–H groups in total. The summed E-state index contributed by atoms with van der Waals surface area (Å²) in [7, 11) is 1.85. The minimum absolute atomic E-state index is 0. The fourth-order valence-electron chi connectivity index (χ4n) is 4.92. The van der Waals surface area contributed by atoms with Gasteiger partial charge in [0.2, 0.25) is 0 Å². The highest BCUT2D eigenvalue weighted by Crippen LogP contribution is 2.44. The first kappa shape index (κ1) is 20.5. The maximum absolute atomic E-state index is 5.51. The van der Waals surface area contributed by atoms with Crippen molar-refractivity contribution >= 4 is 24.8 Å². The highest BCUT2D eigenvalue weighted by Gasteiger charge is 2.40. The van der Waals surface area contributed by atoms with E-state index in [2.05, 4.69) is 10.6 Å². The second-order valence-corrected chi connectivity index (χ2v) is 7.59. The van der Waals surface area contributed by atoms with Crippen LogP contribution in [0.4, 0.5) is 0 Å². The monoisotopic (exact) mass is 352 g/mol.